The van der Waals surface area contributed by atoms with Gasteiger partial charge in [0.1, 0.15) is 5.75 Å². The number of nitrogens with one attached hydrogen (secondary N) is 1. The number of aromatic nitrogens is 4. The summed E-state index contributed by atoms with van der Waals surface area (Å²) in [7, 11) is 1.64. The molecule has 4 rings (SSSR count). The van der Waals surface area contributed by atoms with Gasteiger partial charge in [-0.2, -0.15) is 4.98 Å². The number of carbonyl (C=O) groups is 1. The third kappa shape index (κ3) is 3.10. The van der Waals surface area contributed by atoms with E-state index in [1.807, 2.05) is 42.6 Å². The van der Waals surface area contributed by atoms with E-state index in [9.17, 15) is 4.79 Å². The molecule has 1 aromatic carbocycles. The van der Waals surface area contributed by atoms with Crippen LogP contribution >= 0.6 is 0 Å². The molecule has 0 saturated carbocycles. The molecule has 7 heteroatoms. The number of hydrogen-bond donors (Lipinski definition) is 1. The number of pyridine rings is 2. The van der Waals surface area contributed by atoms with Crippen LogP contribution in [-0.2, 0) is 0 Å². The number of benzene rings is 1. The number of hydrogen-bond acceptors (Lipinski definition) is 5. The van der Waals surface area contributed by atoms with Crippen molar-refractivity contribution in [3.8, 4) is 16.9 Å². The Morgan fingerprint density at radius 3 is 2.85 bits per heavy atom. The molecule has 0 aliphatic heterocycles. The molecule has 3 aromatic heterocycles. The van der Waals surface area contributed by atoms with Crippen molar-refractivity contribution >= 4 is 17.5 Å². The molecule has 3 heterocycles. The Kier molecular flexibility index (Phi) is 4.03. The molecule has 0 saturated heterocycles. The standard InChI is InChI=1S/C19H15N5O2/c1-26-16-6-2-4-13(10-16)15-7-8-17-21-19(23-24(17)12-15)22-18(25)14-5-3-9-20-11-14/h2-12H,1H3,(H,22,23,25). The molecule has 0 radical (unpaired) electrons. The number of carbonyl (C=O) groups excluding carboxylic acids is 1. The van der Waals surface area contributed by atoms with Crippen molar-refractivity contribution in [2.45, 2.75) is 0 Å². The van der Waals surface area contributed by atoms with Crippen LogP contribution in [0, 0.1) is 0 Å². The maximum Gasteiger partial charge on any atom is 0.259 e. The fourth-order valence-electron chi connectivity index (χ4n) is 2.58. The molecular formula is C19H15N5O2. The number of nitrogens with zero attached hydrogens (tertiary/aromatic N) is 4. The lowest BCUT2D eigenvalue weighted by atomic mass is 10.1. The Bertz CT molecular complexity index is 1080. The van der Waals surface area contributed by atoms with Gasteiger partial charge in [-0.15, -0.1) is 5.10 Å². The van der Waals surface area contributed by atoms with Crippen LogP contribution < -0.4 is 10.1 Å². The fourth-order valence-corrected chi connectivity index (χ4v) is 2.58. The lowest BCUT2D eigenvalue weighted by Gasteiger charge is -2.04. The first-order chi connectivity index (χ1) is 12.7. The van der Waals surface area contributed by atoms with E-state index >= 15 is 0 Å². The van der Waals surface area contributed by atoms with E-state index in [1.54, 1.807) is 30.0 Å². The van der Waals surface area contributed by atoms with Crippen molar-refractivity contribution in [1.29, 1.82) is 0 Å². The van der Waals surface area contributed by atoms with Crippen LogP contribution in [-0.4, -0.2) is 32.6 Å². The maximum atomic E-state index is 12.2. The van der Waals surface area contributed by atoms with E-state index in [0.717, 1.165) is 16.9 Å². The van der Waals surface area contributed by atoms with Crippen LogP contribution in [0.5, 0.6) is 5.75 Å². The minimum atomic E-state index is -0.304. The van der Waals surface area contributed by atoms with Crippen molar-refractivity contribution in [2.75, 3.05) is 12.4 Å². The van der Waals surface area contributed by atoms with Crippen LogP contribution in [0.3, 0.4) is 0 Å². The minimum Gasteiger partial charge on any atom is -0.497 e. The predicted molar refractivity (Wildman–Crippen MR) is 97.2 cm³/mol. The van der Waals surface area contributed by atoms with Gasteiger partial charge in [-0.1, -0.05) is 12.1 Å². The summed E-state index contributed by atoms with van der Waals surface area (Å²) in [6.07, 6.45) is 4.96. The second-order valence-corrected chi connectivity index (χ2v) is 5.58. The summed E-state index contributed by atoms with van der Waals surface area (Å²) >= 11 is 0. The maximum absolute atomic E-state index is 12.2. The summed E-state index contributed by atoms with van der Waals surface area (Å²) in [5.74, 6) is 0.717. The first kappa shape index (κ1) is 15.8. The Morgan fingerprint density at radius 1 is 1.12 bits per heavy atom. The second kappa shape index (κ2) is 6.64. The number of rotatable bonds is 4. The summed E-state index contributed by atoms with van der Waals surface area (Å²) in [6.45, 7) is 0. The van der Waals surface area contributed by atoms with E-state index in [2.05, 4.69) is 20.4 Å². The highest BCUT2D eigenvalue weighted by atomic mass is 16.5. The molecule has 0 spiro atoms. The molecule has 1 N–H and O–H groups in total. The van der Waals surface area contributed by atoms with E-state index < -0.39 is 0 Å². The molecule has 0 bridgehead atoms. The lowest BCUT2D eigenvalue weighted by molar-refractivity contribution is 0.102. The first-order valence-corrected chi connectivity index (χ1v) is 7.95. The van der Waals surface area contributed by atoms with Gasteiger partial charge in [-0.25, -0.2) is 4.52 Å². The summed E-state index contributed by atoms with van der Waals surface area (Å²) < 4.78 is 6.90. The van der Waals surface area contributed by atoms with Gasteiger partial charge in [0.05, 0.1) is 12.7 Å². The zero-order valence-corrected chi connectivity index (χ0v) is 14.0. The smallest absolute Gasteiger partial charge is 0.259 e. The van der Waals surface area contributed by atoms with Crippen LogP contribution in [0.25, 0.3) is 16.8 Å². The fraction of sp³-hybridized carbons (Fsp3) is 0.0526. The highest BCUT2D eigenvalue weighted by Crippen LogP contribution is 2.24. The summed E-state index contributed by atoms with van der Waals surface area (Å²) in [5, 5.41) is 7.01. The van der Waals surface area contributed by atoms with Crippen molar-refractivity contribution in [2.24, 2.45) is 0 Å². The third-order valence-corrected chi connectivity index (χ3v) is 3.88. The number of ether oxygens (including phenoxy) is 1. The van der Waals surface area contributed by atoms with E-state index in [0.29, 0.717) is 11.2 Å². The number of methoxy groups -OCH3 is 1. The van der Waals surface area contributed by atoms with Gasteiger partial charge in [0.2, 0.25) is 5.95 Å². The topological polar surface area (TPSA) is 81.4 Å². The molecule has 128 valence electrons. The van der Waals surface area contributed by atoms with Gasteiger partial charge in [-0.3, -0.25) is 15.1 Å². The molecule has 0 aliphatic carbocycles. The van der Waals surface area contributed by atoms with Crippen molar-refractivity contribution in [3.63, 3.8) is 0 Å². The van der Waals surface area contributed by atoms with Crippen molar-refractivity contribution in [1.82, 2.24) is 19.6 Å². The van der Waals surface area contributed by atoms with E-state index in [1.165, 1.54) is 6.20 Å². The Hall–Kier alpha value is -3.74. The zero-order valence-electron chi connectivity index (χ0n) is 14.0. The van der Waals surface area contributed by atoms with E-state index in [4.69, 9.17) is 4.74 Å². The molecule has 0 unspecified atom stereocenters. The monoisotopic (exact) mass is 345 g/mol. The van der Waals surface area contributed by atoms with Gasteiger partial charge in [0.15, 0.2) is 5.65 Å². The number of amides is 1. The summed E-state index contributed by atoms with van der Waals surface area (Å²) in [4.78, 5) is 20.4. The minimum absolute atomic E-state index is 0.238. The molecule has 1 amide bonds. The predicted octanol–water partition coefficient (Wildman–Crippen LogP) is 3.05. The van der Waals surface area contributed by atoms with Crippen LogP contribution in [0.4, 0.5) is 5.95 Å². The SMILES string of the molecule is COc1cccc(-c2ccc3nc(NC(=O)c4cccnc4)nn3c2)c1. The zero-order chi connectivity index (χ0) is 17.9. The Morgan fingerprint density at radius 2 is 2.04 bits per heavy atom. The molecule has 7 nitrogen and oxygen atoms in total. The van der Waals surface area contributed by atoms with Crippen LogP contribution in [0.2, 0.25) is 0 Å². The summed E-state index contributed by atoms with van der Waals surface area (Å²) in [5.41, 5.74) is 3.05. The molecule has 0 aliphatic rings. The third-order valence-electron chi connectivity index (χ3n) is 3.88. The quantitative estimate of drug-likeness (QED) is 0.615. The molecule has 4 aromatic rings. The van der Waals surface area contributed by atoms with Crippen molar-refractivity contribution in [3.05, 3.63) is 72.7 Å². The largest absolute Gasteiger partial charge is 0.497 e. The average Bonchev–Trinajstić information content (AvgIpc) is 3.10. The number of fused-ring (bicyclic) bond motifs is 1. The summed E-state index contributed by atoms with van der Waals surface area (Å²) in [6, 6.07) is 14.9. The normalized spacial score (nSPS) is 10.7. The van der Waals surface area contributed by atoms with Gasteiger partial charge in [0.25, 0.3) is 5.91 Å². The Balaban J connectivity index is 1.62. The molecular weight excluding hydrogens is 330 g/mol. The molecule has 0 atom stereocenters. The van der Waals surface area contributed by atoms with Crippen molar-refractivity contribution < 1.29 is 9.53 Å². The highest BCUT2D eigenvalue weighted by molar-refractivity contribution is 6.03. The van der Waals surface area contributed by atoms with Crippen LogP contribution in [0.1, 0.15) is 10.4 Å². The Labute approximate surface area is 149 Å². The van der Waals surface area contributed by atoms with Gasteiger partial charge < -0.3 is 4.74 Å². The van der Waals surface area contributed by atoms with E-state index in [-0.39, 0.29) is 11.9 Å². The van der Waals surface area contributed by atoms with Crippen LogP contribution in [0.15, 0.2) is 67.1 Å². The highest BCUT2D eigenvalue weighted by Gasteiger charge is 2.11. The molecule has 0 fully saturated rings. The van der Waals surface area contributed by atoms with Gasteiger partial charge in [0, 0.05) is 24.2 Å². The van der Waals surface area contributed by atoms with Gasteiger partial charge in [-0.05, 0) is 42.0 Å². The lowest BCUT2D eigenvalue weighted by Crippen LogP contribution is -2.13. The second-order valence-electron chi connectivity index (χ2n) is 5.58. The van der Waals surface area contributed by atoms with Gasteiger partial charge >= 0.3 is 0 Å². The number of anilines is 1. The molecule has 26 heavy (non-hydrogen) atoms. The average molecular weight is 345 g/mol. The first-order valence-electron chi connectivity index (χ1n) is 7.95.